The second kappa shape index (κ2) is 13.4. The van der Waals surface area contributed by atoms with Gasteiger partial charge in [-0.15, -0.1) is 0 Å². The molecule has 0 heterocycles. The molecule has 27 heavy (non-hydrogen) atoms. The standard InChI is InChI=1S/C20H33ClN4O2/c1-5-22-20(24-12-11-18(15(3)4)27-6-2)25-14-13-23-19(26)16-9-7-8-10-17(16)21/h7-10,15,18H,5-6,11-14H2,1-4H3,(H,23,26)(H2,22,24,25). The van der Waals surface area contributed by atoms with E-state index in [-0.39, 0.29) is 12.0 Å². The molecule has 0 fully saturated rings. The molecule has 1 amide bonds. The molecule has 0 spiro atoms. The second-order valence-corrected chi connectivity index (χ2v) is 6.86. The van der Waals surface area contributed by atoms with Crippen molar-refractivity contribution in [3.8, 4) is 0 Å². The van der Waals surface area contributed by atoms with Gasteiger partial charge in [0.2, 0.25) is 0 Å². The zero-order valence-corrected chi connectivity index (χ0v) is 17.6. The number of halogens is 1. The Morgan fingerprint density at radius 3 is 2.48 bits per heavy atom. The van der Waals surface area contributed by atoms with E-state index in [1.807, 2.05) is 13.8 Å². The summed E-state index contributed by atoms with van der Waals surface area (Å²) in [6.07, 6.45) is 1.10. The van der Waals surface area contributed by atoms with Crippen LogP contribution in [0.15, 0.2) is 29.3 Å². The Hall–Kier alpha value is -1.79. The Labute approximate surface area is 168 Å². The maximum atomic E-state index is 12.1. The summed E-state index contributed by atoms with van der Waals surface area (Å²) in [5, 5.41) is 9.74. The normalized spacial score (nSPS) is 12.7. The molecular weight excluding hydrogens is 364 g/mol. The van der Waals surface area contributed by atoms with Crippen LogP contribution in [-0.2, 0) is 4.74 Å². The predicted molar refractivity (Wildman–Crippen MR) is 113 cm³/mol. The van der Waals surface area contributed by atoms with Gasteiger partial charge in [0.25, 0.3) is 5.91 Å². The quantitative estimate of drug-likeness (QED) is 0.305. The number of ether oxygens (including phenoxy) is 1. The molecule has 0 bridgehead atoms. The average molecular weight is 397 g/mol. The van der Waals surface area contributed by atoms with E-state index in [0.29, 0.717) is 36.1 Å². The van der Waals surface area contributed by atoms with Crippen LogP contribution in [0.1, 0.15) is 44.5 Å². The summed E-state index contributed by atoms with van der Waals surface area (Å²) in [6.45, 7) is 11.6. The van der Waals surface area contributed by atoms with Crippen LogP contribution in [0.3, 0.4) is 0 Å². The third kappa shape index (κ3) is 9.11. The van der Waals surface area contributed by atoms with E-state index in [9.17, 15) is 4.79 Å². The minimum Gasteiger partial charge on any atom is -0.378 e. The molecule has 0 aromatic heterocycles. The molecule has 0 radical (unpaired) electrons. The van der Waals surface area contributed by atoms with Crippen molar-refractivity contribution in [2.24, 2.45) is 10.9 Å². The van der Waals surface area contributed by atoms with Crippen molar-refractivity contribution in [2.45, 2.75) is 40.2 Å². The van der Waals surface area contributed by atoms with Gasteiger partial charge in [-0.25, -0.2) is 0 Å². The number of benzene rings is 1. The van der Waals surface area contributed by atoms with E-state index in [1.54, 1.807) is 24.3 Å². The van der Waals surface area contributed by atoms with Crippen LogP contribution >= 0.6 is 11.6 Å². The fourth-order valence-electron chi connectivity index (χ4n) is 2.57. The van der Waals surface area contributed by atoms with Gasteiger partial charge >= 0.3 is 0 Å². The molecule has 0 aliphatic rings. The summed E-state index contributed by atoms with van der Waals surface area (Å²) in [4.78, 5) is 16.7. The van der Waals surface area contributed by atoms with E-state index in [0.717, 1.165) is 25.5 Å². The van der Waals surface area contributed by atoms with Crippen LogP contribution in [0, 0.1) is 5.92 Å². The molecule has 1 atom stereocenters. The Morgan fingerprint density at radius 2 is 1.85 bits per heavy atom. The topological polar surface area (TPSA) is 74.8 Å². The highest BCUT2D eigenvalue weighted by Crippen LogP contribution is 2.14. The largest absolute Gasteiger partial charge is 0.378 e. The highest BCUT2D eigenvalue weighted by atomic mass is 35.5. The van der Waals surface area contributed by atoms with Crippen molar-refractivity contribution in [1.29, 1.82) is 0 Å². The third-order valence-corrected chi connectivity index (χ3v) is 4.30. The molecule has 1 aromatic carbocycles. The summed E-state index contributed by atoms with van der Waals surface area (Å²) in [6, 6.07) is 7.01. The van der Waals surface area contributed by atoms with Gasteiger partial charge in [0.1, 0.15) is 0 Å². The third-order valence-electron chi connectivity index (χ3n) is 3.97. The molecule has 0 saturated heterocycles. The van der Waals surface area contributed by atoms with Gasteiger partial charge in [-0.3, -0.25) is 9.79 Å². The number of nitrogens with zero attached hydrogens (tertiary/aromatic N) is 1. The van der Waals surface area contributed by atoms with E-state index in [2.05, 4.69) is 34.8 Å². The summed E-state index contributed by atoms with van der Waals surface area (Å²) >= 11 is 6.04. The summed E-state index contributed by atoms with van der Waals surface area (Å²) in [5.74, 6) is 1.03. The molecule has 0 aliphatic heterocycles. The molecule has 7 heteroatoms. The molecule has 3 N–H and O–H groups in total. The van der Waals surface area contributed by atoms with E-state index in [4.69, 9.17) is 16.3 Å². The Balaban J connectivity index is 2.41. The monoisotopic (exact) mass is 396 g/mol. The zero-order chi connectivity index (χ0) is 20.1. The Morgan fingerprint density at radius 1 is 1.15 bits per heavy atom. The van der Waals surface area contributed by atoms with Gasteiger partial charge < -0.3 is 20.7 Å². The lowest BCUT2D eigenvalue weighted by Gasteiger charge is -2.20. The molecule has 1 rings (SSSR count). The van der Waals surface area contributed by atoms with Gasteiger partial charge in [0.15, 0.2) is 5.96 Å². The number of carbonyl (C=O) groups excluding carboxylic acids is 1. The predicted octanol–water partition coefficient (Wildman–Crippen LogP) is 3.08. The van der Waals surface area contributed by atoms with E-state index in [1.165, 1.54) is 0 Å². The molecule has 6 nitrogen and oxygen atoms in total. The molecule has 0 aliphatic carbocycles. The lowest BCUT2D eigenvalue weighted by molar-refractivity contribution is 0.0266. The summed E-state index contributed by atoms with van der Waals surface area (Å²) in [7, 11) is 0. The van der Waals surface area contributed by atoms with Gasteiger partial charge in [-0.1, -0.05) is 37.6 Å². The number of hydrogen-bond donors (Lipinski definition) is 3. The van der Waals surface area contributed by atoms with Crippen LogP contribution in [0.5, 0.6) is 0 Å². The van der Waals surface area contributed by atoms with Gasteiger partial charge in [0, 0.05) is 32.8 Å². The highest BCUT2D eigenvalue weighted by Gasteiger charge is 2.12. The van der Waals surface area contributed by atoms with Gasteiger partial charge in [-0.05, 0) is 38.3 Å². The fraction of sp³-hybridized carbons (Fsp3) is 0.600. The Bertz CT molecular complexity index is 593. The van der Waals surface area contributed by atoms with Crippen molar-refractivity contribution in [2.75, 3.05) is 32.8 Å². The lowest BCUT2D eigenvalue weighted by atomic mass is 10.0. The van der Waals surface area contributed by atoms with Crippen molar-refractivity contribution in [1.82, 2.24) is 16.0 Å². The van der Waals surface area contributed by atoms with E-state index < -0.39 is 0 Å². The second-order valence-electron chi connectivity index (χ2n) is 6.45. The SMILES string of the molecule is CCNC(=NCCC(OCC)C(C)C)NCCNC(=O)c1ccccc1Cl. The van der Waals surface area contributed by atoms with Crippen LogP contribution in [0.25, 0.3) is 0 Å². The van der Waals surface area contributed by atoms with Gasteiger partial charge in [0.05, 0.1) is 16.7 Å². The fourth-order valence-corrected chi connectivity index (χ4v) is 2.79. The highest BCUT2D eigenvalue weighted by molar-refractivity contribution is 6.33. The first-order valence-corrected chi connectivity index (χ1v) is 10.0. The van der Waals surface area contributed by atoms with Crippen LogP contribution < -0.4 is 16.0 Å². The minimum absolute atomic E-state index is 0.180. The van der Waals surface area contributed by atoms with Crippen molar-refractivity contribution < 1.29 is 9.53 Å². The molecule has 152 valence electrons. The zero-order valence-electron chi connectivity index (χ0n) is 16.8. The van der Waals surface area contributed by atoms with E-state index >= 15 is 0 Å². The Kier molecular flexibility index (Phi) is 11.5. The summed E-state index contributed by atoms with van der Waals surface area (Å²) < 4.78 is 5.75. The lowest BCUT2D eigenvalue weighted by Crippen LogP contribution is -2.41. The van der Waals surface area contributed by atoms with Crippen molar-refractivity contribution >= 4 is 23.5 Å². The smallest absolute Gasteiger partial charge is 0.252 e. The number of nitrogens with one attached hydrogen (secondary N) is 3. The number of rotatable bonds is 11. The maximum absolute atomic E-state index is 12.1. The number of amides is 1. The number of carbonyl (C=O) groups is 1. The molecule has 0 saturated carbocycles. The molecular formula is C20H33ClN4O2. The summed E-state index contributed by atoms with van der Waals surface area (Å²) in [5.41, 5.74) is 0.482. The van der Waals surface area contributed by atoms with Crippen molar-refractivity contribution in [3.63, 3.8) is 0 Å². The van der Waals surface area contributed by atoms with Crippen molar-refractivity contribution in [3.05, 3.63) is 34.9 Å². The number of guanidine groups is 1. The maximum Gasteiger partial charge on any atom is 0.252 e. The van der Waals surface area contributed by atoms with Crippen LogP contribution in [-0.4, -0.2) is 50.8 Å². The van der Waals surface area contributed by atoms with Gasteiger partial charge in [-0.2, -0.15) is 0 Å². The van der Waals surface area contributed by atoms with Crippen LogP contribution in [0.4, 0.5) is 0 Å². The molecule has 1 unspecified atom stereocenters. The number of aliphatic imine (C=N–C) groups is 1. The first-order valence-electron chi connectivity index (χ1n) is 9.66. The molecule has 1 aromatic rings. The average Bonchev–Trinajstić information content (AvgIpc) is 2.64. The van der Waals surface area contributed by atoms with Crippen LogP contribution in [0.2, 0.25) is 5.02 Å². The first kappa shape index (κ1) is 23.2. The first-order chi connectivity index (χ1) is 13.0. The minimum atomic E-state index is -0.180. The number of hydrogen-bond acceptors (Lipinski definition) is 3.